The Kier molecular flexibility index (Phi) is 2.92. The van der Waals surface area contributed by atoms with Crippen LogP contribution in [0.25, 0.3) is 0 Å². The predicted octanol–water partition coefficient (Wildman–Crippen LogP) is 3.14. The lowest BCUT2D eigenvalue weighted by atomic mass is 9.84. The van der Waals surface area contributed by atoms with Gasteiger partial charge in [-0.1, -0.05) is 26.0 Å². The molecular weight excluding hydrogens is 146 g/mol. The van der Waals surface area contributed by atoms with E-state index >= 15 is 0 Å². The van der Waals surface area contributed by atoms with Crippen molar-refractivity contribution >= 4 is 0 Å². The summed E-state index contributed by atoms with van der Waals surface area (Å²) in [6.07, 6.45) is 3.10. The van der Waals surface area contributed by atoms with Gasteiger partial charge < -0.3 is 0 Å². The summed E-state index contributed by atoms with van der Waals surface area (Å²) in [6, 6.07) is 2.25. The fraction of sp³-hybridized carbons (Fsp3) is 0.727. The average molecular weight is 163 g/mol. The highest BCUT2D eigenvalue weighted by atomic mass is 14.4. The van der Waals surface area contributed by atoms with Gasteiger partial charge in [-0.15, -0.1) is 0 Å². The van der Waals surface area contributed by atoms with Crippen LogP contribution in [0.1, 0.15) is 33.1 Å². The molecule has 66 valence electrons. The summed E-state index contributed by atoms with van der Waals surface area (Å²) in [5, 5.41) is 8.58. The molecule has 0 aromatic heterocycles. The Hall–Kier alpha value is -0.770. The molecule has 0 bridgehead atoms. The zero-order valence-electron chi connectivity index (χ0n) is 8.01. The maximum absolute atomic E-state index is 8.58. The minimum Gasteiger partial charge on any atom is -0.198 e. The Morgan fingerprint density at radius 3 is 2.83 bits per heavy atom. The van der Waals surface area contributed by atoms with Crippen LogP contribution < -0.4 is 0 Å². The van der Waals surface area contributed by atoms with Crippen molar-refractivity contribution in [1.82, 2.24) is 0 Å². The standard InChI is InChI=1S/C11H17N/c1-8-4-5-11(10(8)3)9(2)6-7-12/h9-11H,1,4-6H2,2-3H3/t9-,10?,11?/m0/s1. The molecule has 1 rings (SSSR count). The van der Waals surface area contributed by atoms with Crippen molar-refractivity contribution in [3.05, 3.63) is 12.2 Å². The maximum atomic E-state index is 8.58. The van der Waals surface area contributed by atoms with Crippen LogP contribution in [-0.4, -0.2) is 0 Å². The van der Waals surface area contributed by atoms with E-state index in [-0.39, 0.29) is 0 Å². The number of hydrogen-bond acceptors (Lipinski definition) is 1. The van der Waals surface area contributed by atoms with Gasteiger partial charge in [0.15, 0.2) is 0 Å². The largest absolute Gasteiger partial charge is 0.198 e. The molecule has 1 nitrogen and oxygen atoms in total. The number of nitrogens with zero attached hydrogens (tertiary/aromatic N) is 1. The molecule has 0 aromatic rings. The molecule has 1 heteroatoms. The highest BCUT2D eigenvalue weighted by molar-refractivity contribution is 5.08. The topological polar surface area (TPSA) is 23.8 Å². The lowest BCUT2D eigenvalue weighted by molar-refractivity contribution is 0.314. The zero-order valence-corrected chi connectivity index (χ0v) is 8.01. The van der Waals surface area contributed by atoms with Crippen LogP contribution in [0.3, 0.4) is 0 Å². The summed E-state index contributed by atoms with van der Waals surface area (Å²) in [5.41, 5.74) is 1.38. The van der Waals surface area contributed by atoms with Crippen LogP contribution in [0.2, 0.25) is 0 Å². The van der Waals surface area contributed by atoms with Gasteiger partial charge in [-0.2, -0.15) is 5.26 Å². The van der Waals surface area contributed by atoms with Gasteiger partial charge in [0.25, 0.3) is 0 Å². The van der Waals surface area contributed by atoms with E-state index in [1.54, 1.807) is 0 Å². The summed E-state index contributed by atoms with van der Waals surface area (Å²) in [7, 11) is 0. The second-order valence-corrected chi connectivity index (χ2v) is 3.99. The van der Waals surface area contributed by atoms with Gasteiger partial charge in [0.05, 0.1) is 6.07 Å². The van der Waals surface area contributed by atoms with E-state index in [1.807, 2.05) is 0 Å². The van der Waals surface area contributed by atoms with E-state index < -0.39 is 0 Å². The third-order valence-electron chi connectivity index (χ3n) is 3.23. The van der Waals surface area contributed by atoms with Crippen LogP contribution in [-0.2, 0) is 0 Å². The molecule has 0 amide bonds. The average Bonchev–Trinajstić information content (AvgIpc) is 2.34. The van der Waals surface area contributed by atoms with Gasteiger partial charge in [0.1, 0.15) is 0 Å². The van der Waals surface area contributed by atoms with E-state index in [0.29, 0.717) is 24.2 Å². The number of rotatable bonds is 2. The summed E-state index contributed by atoms with van der Waals surface area (Å²) in [6.45, 7) is 8.47. The summed E-state index contributed by atoms with van der Waals surface area (Å²) in [4.78, 5) is 0. The Balaban J connectivity index is 2.54. The van der Waals surface area contributed by atoms with E-state index in [0.717, 1.165) is 0 Å². The van der Waals surface area contributed by atoms with E-state index in [9.17, 15) is 0 Å². The molecule has 0 aromatic carbocycles. The third kappa shape index (κ3) is 1.69. The first-order chi connectivity index (χ1) is 5.66. The molecule has 0 N–H and O–H groups in total. The van der Waals surface area contributed by atoms with E-state index in [1.165, 1.54) is 18.4 Å². The van der Waals surface area contributed by atoms with Gasteiger partial charge in [0, 0.05) is 6.42 Å². The Bertz CT molecular complexity index is 212. The molecule has 2 unspecified atom stereocenters. The third-order valence-corrected chi connectivity index (χ3v) is 3.23. The molecule has 1 fully saturated rings. The minimum absolute atomic E-state index is 0.546. The number of nitriles is 1. The Morgan fingerprint density at radius 2 is 2.42 bits per heavy atom. The number of hydrogen-bond donors (Lipinski definition) is 0. The van der Waals surface area contributed by atoms with Crippen LogP contribution in [0, 0.1) is 29.1 Å². The molecule has 12 heavy (non-hydrogen) atoms. The van der Waals surface area contributed by atoms with Crippen LogP contribution in [0.4, 0.5) is 0 Å². The molecule has 1 aliphatic rings. The molecule has 0 heterocycles. The van der Waals surface area contributed by atoms with E-state index in [2.05, 4.69) is 26.5 Å². The molecule has 1 aliphatic carbocycles. The highest BCUT2D eigenvalue weighted by Gasteiger charge is 2.30. The van der Waals surface area contributed by atoms with Crippen LogP contribution in [0.5, 0.6) is 0 Å². The van der Waals surface area contributed by atoms with Crippen molar-refractivity contribution in [3.8, 4) is 6.07 Å². The summed E-state index contributed by atoms with van der Waals surface area (Å²) in [5.74, 6) is 1.88. The quantitative estimate of drug-likeness (QED) is 0.574. The van der Waals surface area contributed by atoms with Crippen molar-refractivity contribution in [1.29, 1.82) is 5.26 Å². The lowest BCUT2D eigenvalue weighted by Crippen LogP contribution is -2.14. The molecule has 3 atom stereocenters. The molecule has 0 saturated heterocycles. The fourth-order valence-corrected chi connectivity index (χ4v) is 2.21. The van der Waals surface area contributed by atoms with Gasteiger partial charge in [-0.3, -0.25) is 0 Å². The number of allylic oxidation sites excluding steroid dienone is 1. The summed E-state index contributed by atoms with van der Waals surface area (Å²) < 4.78 is 0. The SMILES string of the molecule is C=C1CCC([C@@H](C)CC#N)C1C. The highest BCUT2D eigenvalue weighted by Crippen LogP contribution is 2.40. The van der Waals surface area contributed by atoms with Gasteiger partial charge in [0.2, 0.25) is 0 Å². The Labute approximate surface area is 75.1 Å². The van der Waals surface area contributed by atoms with Gasteiger partial charge in [-0.05, 0) is 30.6 Å². The van der Waals surface area contributed by atoms with Crippen molar-refractivity contribution in [2.45, 2.75) is 33.1 Å². The second kappa shape index (κ2) is 3.76. The van der Waals surface area contributed by atoms with Crippen molar-refractivity contribution < 1.29 is 0 Å². The molecular formula is C11H17N. The van der Waals surface area contributed by atoms with Crippen LogP contribution in [0.15, 0.2) is 12.2 Å². The fourth-order valence-electron chi connectivity index (χ4n) is 2.21. The van der Waals surface area contributed by atoms with Crippen molar-refractivity contribution in [3.63, 3.8) is 0 Å². The van der Waals surface area contributed by atoms with Gasteiger partial charge >= 0.3 is 0 Å². The zero-order chi connectivity index (χ0) is 9.14. The first-order valence-electron chi connectivity index (χ1n) is 4.71. The maximum Gasteiger partial charge on any atom is 0.0624 e. The van der Waals surface area contributed by atoms with Crippen molar-refractivity contribution in [2.24, 2.45) is 17.8 Å². The predicted molar refractivity (Wildman–Crippen MR) is 50.4 cm³/mol. The minimum atomic E-state index is 0.546. The molecule has 0 spiro atoms. The van der Waals surface area contributed by atoms with Crippen molar-refractivity contribution in [2.75, 3.05) is 0 Å². The normalized spacial score (nSPS) is 31.6. The summed E-state index contributed by atoms with van der Waals surface area (Å²) >= 11 is 0. The first-order valence-corrected chi connectivity index (χ1v) is 4.71. The Morgan fingerprint density at radius 1 is 1.75 bits per heavy atom. The first kappa shape index (κ1) is 9.32. The molecule has 0 radical (unpaired) electrons. The lowest BCUT2D eigenvalue weighted by Gasteiger charge is -2.20. The monoisotopic (exact) mass is 163 g/mol. The molecule has 0 aliphatic heterocycles. The smallest absolute Gasteiger partial charge is 0.0624 e. The van der Waals surface area contributed by atoms with E-state index in [4.69, 9.17) is 5.26 Å². The molecule has 1 saturated carbocycles. The van der Waals surface area contributed by atoms with Crippen LogP contribution >= 0.6 is 0 Å². The second-order valence-electron chi connectivity index (χ2n) is 3.99. The van der Waals surface area contributed by atoms with Gasteiger partial charge in [-0.25, -0.2) is 0 Å².